The van der Waals surface area contributed by atoms with Crippen molar-refractivity contribution < 1.29 is 8.78 Å². The number of halogens is 2. The summed E-state index contributed by atoms with van der Waals surface area (Å²) in [6.45, 7) is 0. The maximum Gasteiger partial charge on any atom is 0.146 e. The molecule has 0 bridgehead atoms. The standard InChI is InChI=1S/C19H10F2N2/c20-11-6-8-17-15(9-11)13-3-1-2-4-14(13)19-22-16-7-5-12(21)10-18(16)23(17)19/h1-10H. The number of hydrogen-bond donors (Lipinski definition) is 0. The van der Waals surface area contributed by atoms with Crippen molar-refractivity contribution in [2.45, 2.75) is 0 Å². The molecular formula is C19H10F2N2. The van der Waals surface area contributed by atoms with Crippen LogP contribution in [0.2, 0.25) is 0 Å². The van der Waals surface area contributed by atoms with E-state index < -0.39 is 0 Å². The fraction of sp³-hybridized carbons (Fsp3) is 0. The van der Waals surface area contributed by atoms with Crippen LogP contribution in [-0.4, -0.2) is 9.38 Å². The Morgan fingerprint density at radius 1 is 0.696 bits per heavy atom. The summed E-state index contributed by atoms with van der Waals surface area (Å²) in [6, 6.07) is 16.9. The summed E-state index contributed by atoms with van der Waals surface area (Å²) >= 11 is 0. The third-order valence-electron chi connectivity index (χ3n) is 4.27. The highest BCUT2D eigenvalue weighted by molar-refractivity contribution is 6.13. The summed E-state index contributed by atoms with van der Waals surface area (Å²) in [5.41, 5.74) is 2.96. The second-order valence-corrected chi connectivity index (χ2v) is 5.61. The van der Waals surface area contributed by atoms with E-state index in [2.05, 4.69) is 4.98 Å². The Balaban J connectivity index is 2.20. The Hall–Kier alpha value is -3.01. The van der Waals surface area contributed by atoms with E-state index in [-0.39, 0.29) is 11.6 Å². The molecule has 0 saturated heterocycles. The number of nitrogens with zero attached hydrogens (tertiary/aromatic N) is 2. The molecular weight excluding hydrogens is 294 g/mol. The monoisotopic (exact) mass is 304 g/mol. The van der Waals surface area contributed by atoms with Crippen LogP contribution in [0.3, 0.4) is 0 Å². The van der Waals surface area contributed by atoms with Gasteiger partial charge in [0, 0.05) is 16.8 Å². The lowest BCUT2D eigenvalue weighted by atomic mass is 10.1. The van der Waals surface area contributed by atoms with E-state index in [1.807, 2.05) is 28.7 Å². The first kappa shape index (κ1) is 12.5. The summed E-state index contributed by atoms with van der Waals surface area (Å²) in [5, 5.41) is 2.64. The zero-order valence-corrected chi connectivity index (χ0v) is 11.9. The van der Waals surface area contributed by atoms with Gasteiger partial charge in [0.25, 0.3) is 0 Å². The van der Waals surface area contributed by atoms with Crippen LogP contribution in [0.15, 0.2) is 60.7 Å². The number of hydrogen-bond acceptors (Lipinski definition) is 1. The van der Waals surface area contributed by atoms with Crippen LogP contribution in [0.25, 0.3) is 38.4 Å². The molecule has 2 nitrogen and oxygen atoms in total. The first-order valence-corrected chi connectivity index (χ1v) is 7.30. The predicted molar refractivity (Wildman–Crippen MR) is 87.6 cm³/mol. The molecule has 0 atom stereocenters. The largest absolute Gasteiger partial charge is 0.292 e. The van der Waals surface area contributed by atoms with Crippen molar-refractivity contribution >= 4 is 38.4 Å². The maximum absolute atomic E-state index is 13.8. The Kier molecular flexibility index (Phi) is 2.32. The third-order valence-corrected chi connectivity index (χ3v) is 4.27. The van der Waals surface area contributed by atoms with Crippen LogP contribution in [-0.2, 0) is 0 Å². The highest BCUT2D eigenvalue weighted by atomic mass is 19.1. The average Bonchev–Trinajstić information content (AvgIpc) is 2.94. The molecule has 5 rings (SSSR count). The summed E-state index contributed by atoms with van der Waals surface area (Å²) in [7, 11) is 0. The molecule has 0 fully saturated rings. The van der Waals surface area contributed by atoms with Gasteiger partial charge >= 0.3 is 0 Å². The van der Waals surface area contributed by atoms with Crippen LogP contribution in [0.4, 0.5) is 8.78 Å². The molecule has 0 amide bonds. The molecule has 0 saturated carbocycles. The van der Waals surface area contributed by atoms with Gasteiger partial charge in [0.15, 0.2) is 0 Å². The van der Waals surface area contributed by atoms with Gasteiger partial charge < -0.3 is 0 Å². The second kappa shape index (κ2) is 4.26. The van der Waals surface area contributed by atoms with Crippen LogP contribution in [0.1, 0.15) is 0 Å². The van der Waals surface area contributed by atoms with Crippen molar-refractivity contribution in [3.8, 4) is 0 Å². The van der Waals surface area contributed by atoms with Crippen LogP contribution < -0.4 is 0 Å². The highest BCUT2D eigenvalue weighted by Crippen LogP contribution is 2.32. The van der Waals surface area contributed by atoms with E-state index in [1.165, 1.54) is 24.3 Å². The number of fused-ring (bicyclic) bond motifs is 8. The van der Waals surface area contributed by atoms with E-state index in [0.717, 1.165) is 27.3 Å². The molecule has 23 heavy (non-hydrogen) atoms. The third kappa shape index (κ3) is 1.63. The number of imidazole rings is 1. The molecule has 0 N–H and O–H groups in total. The molecule has 0 radical (unpaired) electrons. The van der Waals surface area contributed by atoms with Crippen molar-refractivity contribution in [2.75, 3.05) is 0 Å². The molecule has 4 heteroatoms. The number of rotatable bonds is 0. The molecule has 0 spiro atoms. The molecule has 2 aromatic heterocycles. The molecule has 2 heterocycles. The summed E-state index contributed by atoms with van der Waals surface area (Å²) in [5.74, 6) is -0.611. The van der Waals surface area contributed by atoms with E-state index in [9.17, 15) is 8.78 Å². The smallest absolute Gasteiger partial charge is 0.146 e. The highest BCUT2D eigenvalue weighted by Gasteiger charge is 2.14. The van der Waals surface area contributed by atoms with Gasteiger partial charge in [0.05, 0.1) is 16.6 Å². The summed E-state index contributed by atoms with van der Waals surface area (Å²) < 4.78 is 29.4. The maximum atomic E-state index is 13.8. The van der Waals surface area contributed by atoms with Gasteiger partial charge in [-0.1, -0.05) is 24.3 Å². The Morgan fingerprint density at radius 3 is 2.30 bits per heavy atom. The first-order valence-electron chi connectivity index (χ1n) is 7.30. The SMILES string of the molecule is Fc1ccc2c(c1)c1ccccc1c1nc3ccc(F)cc3n21. The number of pyridine rings is 1. The van der Waals surface area contributed by atoms with Crippen molar-refractivity contribution in [1.29, 1.82) is 0 Å². The van der Waals surface area contributed by atoms with E-state index in [4.69, 9.17) is 0 Å². The fourth-order valence-electron chi connectivity index (χ4n) is 3.30. The van der Waals surface area contributed by atoms with Gasteiger partial charge in [0.1, 0.15) is 17.3 Å². The number of aromatic nitrogens is 2. The van der Waals surface area contributed by atoms with Gasteiger partial charge in [0.2, 0.25) is 0 Å². The molecule has 110 valence electrons. The van der Waals surface area contributed by atoms with Gasteiger partial charge in [-0.3, -0.25) is 4.40 Å². The number of benzene rings is 3. The van der Waals surface area contributed by atoms with Crippen LogP contribution >= 0.6 is 0 Å². The Bertz CT molecular complexity index is 1240. The first-order chi connectivity index (χ1) is 11.2. The van der Waals surface area contributed by atoms with Gasteiger partial charge in [-0.15, -0.1) is 0 Å². The van der Waals surface area contributed by atoms with Gasteiger partial charge in [-0.25, -0.2) is 13.8 Å². The Labute approximate surface area is 129 Å². The van der Waals surface area contributed by atoms with Crippen molar-refractivity contribution in [1.82, 2.24) is 9.38 Å². The second-order valence-electron chi connectivity index (χ2n) is 5.61. The minimum absolute atomic E-state index is 0.294. The van der Waals surface area contributed by atoms with E-state index in [0.29, 0.717) is 11.0 Å². The van der Waals surface area contributed by atoms with Crippen molar-refractivity contribution in [2.24, 2.45) is 0 Å². The zero-order chi connectivity index (χ0) is 15.6. The zero-order valence-electron chi connectivity index (χ0n) is 11.9. The Morgan fingerprint density at radius 2 is 1.43 bits per heavy atom. The molecule has 5 aromatic rings. The van der Waals surface area contributed by atoms with Crippen molar-refractivity contribution in [3.05, 3.63) is 72.3 Å². The van der Waals surface area contributed by atoms with Gasteiger partial charge in [-0.2, -0.15) is 0 Å². The lowest BCUT2D eigenvalue weighted by molar-refractivity contribution is 0.628. The van der Waals surface area contributed by atoms with Crippen LogP contribution in [0.5, 0.6) is 0 Å². The lowest BCUT2D eigenvalue weighted by Crippen LogP contribution is -1.92. The summed E-state index contributed by atoms with van der Waals surface area (Å²) in [4.78, 5) is 4.66. The average molecular weight is 304 g/mol. The van der Waals surface area contributed by atoms with Crippen LogP contribution in [0, 0.1) is 11.6 Å². The molecule has 0 unspecified atom stereocenters. The molecule has 3 aromatic carbocycles. The van der Waals surface area contributed by atoms with Crippen molar-refractivity contribution in [3.63, 3.8) is 0 Å². The minimum atomic E-state index is -0.317. The minimum Gasteiger partial charge on any atom is -0.292 e. The normalized spacial score (nSPS) is 11.9. The summed E-state index contributed by atoms with van der Waals surface area (Å²) in [6.07, 6.45) is 0. The molecule has 0 aliphatic carbocycles. The lowest BCUT2D eigenvalue weighted by Gasteiger charge is -2.08. The predicted octanol–water partition coefficient (Wildman–Crippen LogP) is 5.07. The topological polar surface area (TPSA) is 17.3 Å². The molecule has 0 aliphatic heterocycles. The fourth-order valence-corrected chi connectivity index (χ4v) is 3.30. The quantitative estimate of drug-likeness (QED) is 0.365. The molecule has 0 aliphatic rings. The van der Waals surface area contributed by atoms with Gasteiger partial charge in [-0.05, 0) is 35.7 Å². The van der Waals surface area contributed by atoms with E-state index >= 15 is 0 Å². The van der Waals surface area contributed by atoms with E-state index in [1.54, 1.807) is 12.1 Å².